The van der Waals surface area contributed by atoms with Crippen LogP contribution >= 0.6 is 0 Å². The van der Waals surface area contributed by atoms with Crippen LogP contribution in [0.3, 0.4) is 0 Å². The predicted octanol–water partition coefficient (Wildman–Crippen LogP) is 2.67. The van der Waals surface area contributed by atoms with Gasteiger partial charge in [-0.15, -0.1) is 0 Å². The van der Waals surface area contributed by atoms with Gasteiger partial charge < -0.3 is 15.0 Å². The number of hydrogen-bond acceptors (Lipinski definition) is 3. The third-order valence-corrected chi connectivity index (χ3v) is 3.82. The van der Waals surface area contributed by atoms with Crippen molar-refractivity contribution in [2.75, 3.05) is 13.1 Å². The van der Waals surface area contributed by atoms with Crippen molar-refractivity contribution < 1.29 is 18.7 Å². The minimum Gasteiger partial charge on any atom is -0.444 e. The molecule has 134 valence electrons. The molecule has 2 atom stereocenters. The van der Waals surface area contributed by atoms with Crippen LogP contribution in [0, 0.1) is 17.7 Å². The zero-order valence-corrected chi connectivity index (χ0v) is 14.9. The van der Waals surface area contributed by atoms with E-state index in [1.165, 1.54) is 12.1 Å². The molecule has 0 aromatic heterocycles. The summed E-state index contributed by atoms with van der Waals surface area (Å²) >= 11 is 0. The fraction of sp³-hybridized carbons (Fsp3) is 0.474. The van der Waals surface area contributed by atoms with Crippen LogP contribution in [0.4, 0.5) is 9.18 Å². The number of alkyl carbamates (subject to hydrolysis) is 1. The first kappa shape index (κ1) is 18.8. The molecule has 0 bridgehead atoms. The largest absolute Gasteiger partial charge is 0.444 e. The lowest BCUT2D eigenvalue weighted by Crippen LogP contribution is -2.43. The Kier molecular flexibility index (Phi) is 5.68. The zero-order valence-electron chi connectivity index (χ0n) is 14.9. The SMILES string of the molecule is CC#CC(=O)N1C[C@H](NC(=O)OC(C)(C)C)[C@@H](c2cccc(F)c2)C1. The number of carbonyl (C=O) groups excluding carboxylic acids is 2. The summed E-state index contributed by atoms with van der Waals surface area (Å²) in [5.41, 5.74) is 0.0982. The van der Waals surface area contributed by atoms with Crippen molar-refractivity contribution in [2.24, 2.45) is 0 Å². The molecule has 6 heteroatoms. The van der Waals surface area contributed by atoms with Gasteiger partial charge in [0.15, 0.2) is 0 Å². The average Bonchev–Trinajstić information content (AvgIpc) is 2.89. The summed E-state index contributed by atoms with van der Waals surface area (Å²) < 4.78 is 18.9. The van der Waals surface area contributed by atoms with Gasteiger partial charge in [0.05, 0.1) is 6.04 Å². The molecule has 0 radical (unpaired) electrons. The fourth-order valence-corrected chi connectivity index (χ4v) is 2.84. The molecule has 1 aliphatic heterocycles. The average molecular weight is 346 g/mol. The molecule has 0 aliphatic carbocycles. The van der Waals surface area contributed by atoms with Gasteiger partial charge in [0.2, 0.25) is 0 Å². The van der Waals surface area contributed by atoms with E-state index < -0.39 is 11.7 Å². The molecular formula is C19H23FN2O3. The number of carbonyl (C=O) groups is 2. The molecule has 1 saturated heterocycles. The highest BCUT2D eigenvalue weighted by molar-refractivity contribution is 5.93. The fourth-order valence-electron chi connectivity index (χ4n) is 2.84. The van der Waals surface area contributed by atoms with Gasteiger partial charge in [-0.05, 0) is 51.3 Å². The van der Waals surface area contributed by atoms with E-state index in [1.807, 2.05) is 0 Å². The highest BCUT2D eigenvalue weighted by Gasteiger charge is 2.37. The van der Waals surface area contributed by atoms with Gasteiger partial charge >= 0.3 is 6.09 Å². The molecule has 0 saturated carbocycles. The number of nitrogens with zero attached hydrogens (tertiary/aromatic N) is 1. The second-order valence-electron chi connectivity index (χ2n) is 7.00. The summed E-state index contributed by atoms with van der Waals surface area (Å²) in [7, 11) is 0. The smallest absolute Gasteiger partial charge is 0.407 e. The summed E-state index contributed by atoms with van der Waals surface area (Å²) in [4.78, 5) is 25.8. The second kappa shape index (κ2) is 7.56. The summed E-state index contributed by atoms with van der Waals surface area (Å²) in [6.07, 6.45) is -0.560. The molecular weight excluding hydrogens is 323 g/mol. The van der Waals surface area contributed by atoms with Crippen LogP contribution in [0.2, 0.25) is 0 Å². The number of benzene rings is 1. The van der Waals surface area contributed by atoms with E-state index in [-0.39, 0.29) is 23.7 Å². The molecule has 1 heterocycles. The van der Waals surface area contributed by atoms with Crippen molar-refractivity contribution in [3.63, 3.8) is 0 Å². The first-order chi connectivity index (χ1) is 11.7. The molecule has 2 rings (SSSR count). The summed E-state index contributed by atoms with van der Waals surface area (Å²) in [6, 6.07) is 5.82. The van der Waals surface area contributed by atoms with Crippen LogP contribution in [0.15, 0.2) is 24.3 Å². The van der Waals surface area contributed by atoms with Gasteiger partial charge in [-0.25, -0.2) is 9.18 Å². The Labute approximate surface area is 147 Å². The maximum Gasteiger partial charge on any atom is 0.407 e. The van der Waals surface area contributed by atoms with Crippen LogP contribution in [0.25, 0.3) is 0 Å². The lowest BCUT2D eigenvalue weighted by molar-refractivity contribution is -0.124. The Hall–Kier alpha value is -2.55. The third kappa shape index (κ3) is 5.21. The van der Waals surface area contributed by atoms with Crippen molar-refractivity contribution in [1.82, 2.24) is 10.2 Å². The lowest BCUT2D eigenvalue weighted by Gasteiger charge is -2.24. The standard InChI is InChI=1S/C19H23FN2O3/c1-5-7-17(23)22-11-15(13-8-6-9-14(20)10-13)16(12-22)21-18(24)25-19(2,3)4/h6,8-10,15-16H,11-12H2,1-4H3,(H,21,24)/t15-,16+/m1/s1. The summed E-state index contributed by atoms with van der Waals surface area (Å²) in [5.74, 6) is 4.19. The quantitative estimate of drug-likeness (QED) is 0.838. The minimum atomic E-state index is -0.625. The number of rotatable bonds is 2. The van der Waals surface area contributed by atoms with E-state index in [0.717, 1.165) is 5.56 Å². The number of hydrogen-bond donors (Lipinski definition) is 1. The van der Waals surface area contributed by atoms with E-state index in [1.54, 1.807) is 44.7 Å². The molecule has 1 aromatic carbocycles. The monoisotopic (exact) mass is 346 g/mol. The molecule has 0 unspecified atom stereocenters. The van der Waals surface area contributed by atoms with E-state index in [0.29, 0.717) is 13.1 Å². The molecule has 1 fully saturated rings. The van der Waals surface area contributed by atoms with Crippen molar-refractivity contribution in [1.29, 1.82) is 0 Å². The van der Waals surface area contributed by atoms with Gasteiger partial charge in [-0.1, -0.05) is 18.1 Å². The van der Waals surface area contributed by atoms with Crippen molar-refractivity contribution in [2.45, 2.75) is 45.3 Å². The normalized spacial score (nSPS) is 19.8. The van der Waals surface area contributed by atoms with Gasteiger partial charge in [-0.3, -0.25) is 4.79 Å². The lowest BCUT2D eigenvalue weighted by atomic mass is 9.94. The number of nitrogens with one attached hydrogen (secondary N) is 1. The first-order valence-corrected chi connectivity index (χ1v) is 8.16. The van der Waals surface area contributed by atoms with Gasteiger partial charge in [0.25, 0.3) is 5.91 Å². The predicted molar refractivity (Wildman–Crippen MR) is 92.3 cm³/mol. The Morgan fingerprint density at radius 3 is 2.64 bits per heavy atom. The van der Waals surface area contributed by atoms with E-state index in [2.05, 4.69) is 17.2 Å². The molecule has 1 aromatic rings. The number of halogens is 1. The summed E-state index contributed by atoms with van der Waals surface area (Å²) in [6.45, 7) is 7.58. The molecule has 1 aliphatic rings. The number of ether oxygens (including phenoxy) is 1. The van der Waals surface area contributed by atoms with Crippen molar-refractivity contribution in [3.8, 4) is 11.8 Å². The topological polar surface area (TPSA) is 58.6 Å². The highest BCUT2D eigenvalue weighted by Crippen LogP contribution is 2.28. The van der Waals surface area contributed by atoms with Crippen LogP contribution < -0.4 is 5.32 Å². The highest BCUT2D eigenvalue weighted by atomic mass is 19.1. The maximum atomic E-state index is 13.6. The zero-order chi connectivity index (χ0) is 18.6. The minimum absolute atomic E-state index is 0.231. The molecule has 1 N–H and O–H groups in total. The van der Waals surface area contributed by atoms with Crippen LogP contribution in [-0.4, -0.2) is 41.6 Å². The van der Waals surface area contributed by atoms with Crippen molar-refractivity contribution >= 4 is 12.0 Å². The second-order valence-corrected chi connectivity index (χ2v) is 7.00. The molecule has 0 spiro atoms. The Bertz CT molecular complexity index is 715. The van der Waals surface area contributed by atoms with Gasteiger partial charge in [0, 0.05) is 19.0 Å². The van der Waals surface area contributed by atoms with Gasteiger partial charge in [-0.2, -0.15) is 0 Å². The summed E-state index contributed by atoms with van der Waals surface area (Å²) in [5, 5.41) is 2.80. The molecule has 5 nitrogen and oxygen atoms in total. The third-order valence-electron chi connectivity index (χ3n) is 3.82. The van der Waals surface area contributed by atoms with Crippen molar-refractivity contribution in [3.05, 3.63) is 35.6 Å². The Morgan fingerprint density at radius 1 is 1.32 bits per heavy atom. The van der Waals surface area contributed by atoms with E-state index in [9.17, 15) is 14.0 Å². The molecule has 25 heavy (non-hydrogen) atoms. The first-order valence-electron chi connectivity index (χ1n) is 8.16. The van der Waals surface area contributed by atoms with E-state index in [4.69, 9.17) is 4.74 Å². The van der Waals surface area contributed by atoms with E-state index >= 15 is 0 Å². The van der Waals surface area contributed by atoms with Crippen LogP contribution in [0.5, 0.6) is 0 Å². The molecule has 2 amide bonds. The number of amides is 2. The Morgan fingerprint density at radius 2 is 2.04 bits per heavy atom. The van der Waals surface area contributed by atoms with Gasteiger partial charge in [0.1, 0.15) is 11.4 Å². The number of likely N-dealkylation sites (tertiary alicyclic amines) is 1. The van der Waals surface area contributed by atoms with Crippen LogP contribution in [0.1, 0.15) is 39.2 Å². The maximum absolute atomic E-state index is 13.6. The van der Waals surface area contributed by atoms with Crippen LogP contribution in [-0.2, 0) is 9.53 Å². The Balaban J connectivity index is 2.21.